The first-order chi connectivity index (χ1) is 18.3. The second-order valence-corrected chi connectivity index (χ2v) is 11.3. The van der Waals surface area contributed by atoms with E-state index in [1.807, 2.05) is 81.4 Å². The first-order valence-electron chi connectivity index (χ1n) is 13.4. The van der Waals surface area contributed by atoms with Gasteiger partial charge in [-0.15, -0.1) is 0 Å². The summed E-state index contributed by atoms with van der Waals surface area (Å²) in [5, 5.41) is 3.25. The van der Waals surface area contributed by atoms with Gasteiger partial charge in [0.05, 0.1) is 0 Å². The van der Waals surface area contributed by atoms with E-state index in [-0.39, 0.29) is 24.5 Å². The van der Waals surface area contributed by atoms with Crippen LogP contribution in [-0.2, 0) is 22.6 Å². The highest BCUT2D eigenvalue weighted by Crippen LogP contribution is 2.24. The number of rotatable bonds is 10. The number of hydrogen-bond acceptors (Lipinski definition) is 3. The number of carbonyl (C=O) groups excluding carboxylic acids is 2. The molecule has 0 spiro atoms. The molecule has 3 aromatic rings. The molecule has 3 aromatic carbocycles. The van der Waals surface area contributed by atoms with Crippen LogP contribution < -0.4 is 10.1 Å². The Morgan fingerprint density at radius 3 is 2.34 bits per heavy atom. The van der Waals surface area contributed by atoms with Gasteiger partial charge < -0.3 is 15.0 Å². The number of hydrogen-bond donors (Lipinski definition) is 1. The molecule has 0 aromatic heterocycles. The third-order valence-corrected chi connectivity index (χ3v) is 7.88. The fraction of sp³-hybridized carbons (Fsp3) is 0.375. The van der Waals surface area contributed by atoms with E-state index in [0.29, 0.717) is 18.7 Å². The molecule has 0 aliphatic heterocycles. The SMILES string of the molecule is Cc1cc(C)c(C)c(OCC(=O)N(Cc2ccc(Br)cc2)[C@@H](Cc2ccccc2)C(=O)NC2CCCC2)c1. The van der Waals surface area contributed by atoms with E-state index in [1.54, 1.807) is 4.90 Å². The molecule has 1 saturated carbocycles. The van der Waals surface area contributed by atoms with Gasteiger partial charge in [0.25, 0.3) is 5.91 Å². The van der Waals surface area contributed by atoms with Crippen LogP contribution in [-0.4, -0.2) is 35.4 Å². The summed E-state index contributed by atoms with van der Waals surface area (Å²) in [6, 6.07) is 21.4. The van der Waals surface area contributed by atoms with Crippen LogP contribution in [0, 0.1) is 20.8 Å². The molecule has 0 heterocycles. The molecule has 1 atom stereocenters. The van der Waals surface area contributed by atoms with Gasteiger partial charge in [-0.25, -0.2) is 0 Å². The summed E-state index contributed by atoms with van der Waals surface area (Å²) in [6.45, 7) is 6.24. The molecule has 0 bridgehead atoms. The van der Waals surface area contributed by atoms with Crippen molar-refractivity contribution in [3.8, 4) is 5.75 Å². The lowest BCUT2D eigenvalue weighted by Gasteiger charge is -2.32. The van der Waals surface area contributed by atoms with Crippen LogP contribution in [0.1, 0.15) is 53.5 Å². The summed E-state index contributed by atoms with van der Waals surface area (Å²) in [5.41, 5.74) is 5.19. The van der Waals surface area contributed by atoms with Gasteiger partial charge in [-0.1, -0.05) is 77.3 Å². The number of halogens is 1. The zero-order chi connectivity index (χ0) is 27.1. The van der Waals surface area contributed by atoms with Gasteiger partial charge in [0, 0.05) is 23.5 Å². The van der Waals surface area contributed by atoms with Crippen LogP contribution in [0.5, 0.6) is 5.75 Å². The predicted molar refractivity (Wildman–Crippen MR) is 155 cm³/mol. The molecule has 4 rings (SSSR count). The summed E-state index contributed by atoms with van der Waals surface area (Å²) in [6.07, 6.45) is 4.65. The maximum Gasteiger partial charge on any atom is 0.261 e. The Kier molecular flexibility index (Phi) is 9.62. The Labute approximate surface area is 234 Å². The van der Waals surface area contributed by atoms with Gasteiger partial charge in [-0.05, 0) is 79.6 Å². The van der Waals surface area contributed by atoms with Crippen LogP contribution >= 0.6 is 15.9 Å². The van der Waals surface area contributed by atoms with Crippen molar-refractivity contribution in [2.24, 2.45) is 0 Å². The summed E-state index contributed by atoms with van der Waals surface area (Å²) in [7, 11) is 0. The van der Waals surface area contributed by atoms with Crippen LogP contribution in [0.15, 0.2) is 71.2 Å². The lowest BCUT2D eigenvalue weighted by Crippen LogP contribution is -2.53. The zero-order valence-corrected chi connectivity index (χ0v) is 24.1. The highest BCUT2D eigenvalue weighted by Gasteiger charge is 2.32. The van der Waals surface area contributed by atoms with Gasteiger partial charge in [0.15, 0.2) is 6.61 Å². The number of carbonyl (C=O) groups is 2. The zero-order valence-electron chi connectivity index (χ0n) is 22.5. The number of aryl methyl sites for hydroxylation is 2. The number of nitrogens with zero attached hydrogens (tertiary/aromatic N) is 1. The van der Waals surface area contributed by atoms with Crippen LogP contribution in [0.25, 0.3) is 0 Å². The van der Waals surface area contributed by atoms with Gasteiger partial charge >= 0.3 is 0 Å². The average molecular weight is 578 g/mol. The molecule has 1 aliphatic carbocycles. The molecule has 0 radical (unpaired) electrons. The smallest absolute Gasteiger partial charge is 0.261 e. The van der Waals surface area contributed by atoms with Crippen molar-refractivity contribution in [1.82, 2.24) is 10.2 Å². The van der Waals surface area contributed by atoms with Crippen molar-refractivity contribution in [3.05, 3.63) is 99.0 Å². The Hall–Kier alpha value is -3.12. The fourth-order valence-electron chi connectivity index (χ4n) is 5.08. The minimum Gasteiger partial charge on any atom is -0.483 e. The summed E-state index contributed by atoms with van der Waals surface area (Å²) in [4.78, 5) is 29.3. The molecular formula is C32H37BrN2O3. The Bertz CT molecular complexity index is 1240. The number of benzene rings is 3. The predicted octanol–water partition coefficient (Wildman–Crippen LogP) is 6.45. The Morgan fingerprint density at radius 1 is 0.974 bits per heavy atom. The number of ether oxygens (including phenoxy) is 1. The van der Waals surface area contributed by atoms with Crippen molar-refractivity contribution in [1.29, 1.82) is 0 Å². The molecule has 2 amide bonds. The van der Waals surface area contributed by atoms with Crippen molar-refractivity contribution in [2.75, 3.05) is 6.61 Å². The maximum absolute atomic E-state index is 13.9. The monoisotopic (exact) mass is 576 g/mol. The van der Waals surface area contributed by atoms with Crippen LogP contribution in [0.2, 0.25) is 0 Å². The van der Waals surface area contributed by atoms with E-state index in [0.717, 1.165) is 58.0 Å². The Balaban J connectivity index is 1.63. The molecule has 0 unspecified atom stereocenters. The molecule has 0 saturated heterocycles. The van der Waals surface area contributed by atoms with Crippen LogP contribution in [0.4, 0.5) is 0 Å². The lowest BCUT2D eigenvalue weighted by atomic mass is 10.0. The first kappa shape index (κ1) is 27.9. The molecule has 38 heavy (non-hydrogen) atoms. The molecule has 6 heteroatoms. The van der Waals surface area contributed by atoms with Gasteiger partial charge in [0.2, 0.25) is 5.91 Å². The quantitative estimate of drug-likeness (QED) is 0.301. The largest absolute Gasteiger partial charge is 0.483 e. The second-order valence-electron chi connectivity index (χ2n) is 10.3. The van der Waals surface area contributed by atoms with Crippen molar-refractivity contribution >= 4 is 27.7 Å². The van der Waals surface area contributed by atoms with Gasteiger partial charge in [-0.2, -0.15) is 0 Å². The van der Waals surface area contributed by atoms with E-state index in [9.17, 15) is 9.59 Å². The Morgan fingerprint density at radius 2 is 1.66 bits per heavy atom. The van der Waals surface area contributed by atoms with E-state index >= 15 is 0 Å². The van der Waals surface area contributed by atoms with Gasteiger partial charge in [-0.3, -0.25) is 9.59 Å². The lowest BCUT2D eigenvalue weighted by molar-refractivity contribution is -0.143. The molecule has 5 nitrogen and oxygen atoms in total. The third kappa shape index (κ3) is 7.47. The molecule has 1 aliphatic rings. The average Bonchev–Trinajstić information content (AvgIpc) is 3.42. The standard InChI is InChI=1S/C32H37BrN2O3/c1-22-17-23(2)24(3)30(18-22)38-21-31(36)35(20-26-13-15-27(33)16-14-26)29(19-25-9-5-4-6-10-25)32(37)34-28-11-7-8-12-28/h4-6,9-10,13-18,28-29H,7-8,11-12,19-21H2,1-3H3,(H,34,37)/t29-/m0/s1. The van der Waals surface area contributed by atoms with Crippen molar-refractivity contribution < 1.29 is 14.3 Å². The summed E-state index contributed by atoms with van der Waals surface area (Å²) >= 11 is 3.49. The van der Waals surface area contributed by atoms with E-state index in [4.69, 9.17) is 4.74 Å². The first-order valence-corrected chi connectivity index (χ1v) is 14.2. The minimum atomic E-state index is -0.655. The molecule has 1 N–H and O–H groups in total. The van der Waals surface area contributed by atoms with Crippen molar-refractivity contribution in [2.45, 2.75) is 71.5 Å². The van der Waals surface area contributed by atoms with Crippen molar-refractivity contribution in [3.63, 3.8) is 0 Å². The topological polar surface area (TPSA) is 58.6 Å². The van der Waals surface area contributed by atoms with E-state index in [1.165, 1.54) is 0 Å². The molecule has 1 fully saturated rings. The number of nitrogens with one attached hydrogen (secondary N) is 1. The van der Waals surface area contributed by atoms with E-state index < -0.39 is 6.04 Å². The highest BCUT2D eigenvalue weighted by atomic mass is 79.9. The molecular weight excluding hydrogens is 540 g/mol. The second kappa shape index (κ2) is 13.1. The highest BCUT2D eigenvalue weighted by molar-refractivity contribution is 9.10. The third-order valence-electron chi connectivity index (χ3n) is 7.35. The normalized spacial score (nSPS) is 14.2. The van der Waals surface area contributed by atoms with Crippen LogP contribution in [0.3, 0.4) is 0 Å². The minimum absolute atomic E-state index is 0.103. The summed E-state index contributed by atoms with van der Waals surface area (Å²) in [5.74, 6) is 0.386. The summed E-state index contributed by atoms with van der Waals surface area (Å²) < 4.78 is 7.05. The molecule has 200 valence electrons. The van der Waals surface area contributed by atoms with E-state index in [2.05, 4.69) is 27.3 Å². The fourth-order valence-corrected chi connectivity index (χ4v) is 5.35. The maximum atomic E-state index is 13.9. The van der Waals surface area contributed by atoms with Gasteiger partial charge in [0.1, 0.15) is 11.8 Å². The number of amides is 2.